The van der Waals surface area contributed by atoms with Crippen molar-refractivity contribution >= 4 is 18.3 Å². The summed E-state index contributed by atoms with van der Waals surface area (Å²) in [5, 5.41) is 0. The Balaban J connectivity index is 0.00000192. The van der Waals surface area contributed by atoms with Crippen LogP contribution in [0.4, 0.5) is 0 Å². The molecule has 1 amide bonds. The van der Waals surface area contributed by atoms with Crippen molar-refractivity contribution in [2.24, 2.45) is 23.5 Å². The second-order valence-electron chi connectivity index (χ2n) is 7.03. The van der Waals surface area contributed by atoms with Crippen LogP contribution < -0.4 is 5.73 Å². The summed E-state index contributed by atoms with van der Waals surface area (Å²) in [6.45, 7) is 2.34. The summed E-state index contributed by atoms with van der Waals surface area (Å²) in [5.74, 6) is 1.62. The Bertz CT molecular complexity index is 489. The van der Waals surface area contributed by atoms with Gasteiger partial charge in [0.1, 0.15) is 0 Å². The lowest BCUT2D eigenvalue weighted by Crippen LogP contribution is -2.42. The van der Waals surface area contributed by atoms with Crippen LogP contribution in [-0.4, -0.2) is 23.9 Å². The predicted octanol–water partition coefficient (Wildman–Crippen LogP) is 3.61. The van der Waals surface area contributed by atoms with Crippen LogP contribution in [0.1, 0.15) is 44.1 Å². The van der Waals surface area contributed by atoms with Crippen LogP contribution in [0.15, 0.2) is 30.3 Å². The second-order valence-corrected chi connectivity index (χ2v) is 7.03. The summed E-state index contributed by atoms with van der Waals surface area (Å²) in [6, 6.07) is 10.4. The van der Waals surface area contributed by atoms with Crippen molar-refractivity contribution < 1.29 is 4.79 Å². The van der Waals surface area contributed by atoms with Gasteiger partial charge in [-0.1, -0.05) is 43.2 Å². The van der Waals surface area contributed by atoms with Gasteiger partial charge < -0.3 is 10.6 Å². The van der Waals surface area contributed by atoms with Gasteiger partial charge in [-0.05, 0) is 49.6 Å². The third-order valence-electron chi connectivity index (χ3n) is 5.51. The third kappa shape index (κ3) is 4.48. The first-order valence-corrected chi connectivity index (χ1v) is 8.80. The fourth-order valence-electron chi connectivity index (χ4n) is 3.90. The number of rotatable bonds is 6. The standard InChI is InChI=1S/C19H28N2O.ClH/c20-12-17-10-5-11-18(17)19(22)21(14-16-8-4-9-16)13-15-6-2-1-3-7-15;/h1-3,6-7,16-18H,4-5,8-14,20H2;1H/t17-,18-;/m1./s1. The summed E-state index contributed by atoms with van der Waals surface area (Å²) >= 11 is 0. The molecule has 2 saturated carbocycles. The van der Waals surface area contributed by atoms with Crippen molar-refractivity contribution in [1.82, 2.24) is 4.90 Å². The number of amides is 1. The Morgan fingerprint density at radius 2 is 1.78 bits per heavy atom. The van der Waals surface area contributed by atoms with Crippen molar-refractivity contribution in [2.45, 2.75) is 45.1 Å². The highest BCUT2D eigenvalue weighted by Crippen LogP contribution is 2.34. The van der Waals surface area contributed by atoms with Crippen molar-refractivity contribution in [3.8, 4) is 0 Å². The van der Waals surface area contributed by atoms with Crippen LogP contribution in [0.25, 0.3) is 0 Å². The van der Waals surface area contributed by atoms with E-state index in [1.807, 2.05) is 6.07 Å². The fraction of sp³-hybridized carbons (Fsp3) is 0.632. The van der Waals surface area contributed by atoms with Crippen LogP contribution in [0.2, 0.25) is 0 Å². The molecular weight excluding hydrogens is 308 g/mol. The minimum absolute atomic E-state index is 0. The smallest absolute Gasteiger partial charge is 0.226 e. The van der Waals surface area contributed by atoms with Crippen molar-refractivity contribution in [3.05, 3.63) is 35.9 Å². The minimum atomic E-state index is 0. The molecule has 0 heterocycles. The van der Waals surface area contributed by atoms with Crippen LogP contribution in [0, 0.1) is 17.8 Å². The average Bonchev–Trinajstić information content (AvgIpc) is 2.98. The summed E-state index contributed by atoms with van der Waals surface area (Å²) < 4.78 is 0. The zero-order valence-electron chi connectivity index (χ0n) is 13.8. The first-order valence-electron chi connectivity index (χ1n) is 8.80. The highest BCUT2D eigenvalue weighted by Gasteiger charge is 2.35. The van der Waals surface area contributed by atoms with Gasteiger partial charge in [0.25, 0.3) is 0 Å². The van der Waals surface area contributed by atoms with E-state index in [2.05, 4.69) is 29.2 Å². The molecule has 2 aliphatic rings. The molecule has 0 aliphatic heterocycles. The molecule has 2 aliphatic carbocycles. The maximum Gasteiger partial charge on any atom is 0.226 e. The Morgan fingerprint density at radius 3 is 2.39 bits per heavy atom. The summed E-state index contributed by atoms with van der Waals surface area (Å²) in [4.78, 5) is 15.2. The van der Waals surface area contributed by atoms with Gasteiger partial charge in [-0.3, -0.25) is 4.79 Å². The Labute approximate surface area is 146 Å². The van der Waals surface area contributed by atoms with E-state index >= 15 is 0 Å². The van der Waals surface area contributed by atoms with E-state index < -0.39 is 0 Å². The minimum Gasteiger partial charge on any atom is -0.338 e. The zero-order chi connectivity index (χ0) is 15.4. The predicted molar refractivity (Wildman–Crippen MR) is 96.3 cm³/mol. The van der Waals surface area contributed by atoms with Crippen LogP contribution in [-0.2, 0) is 11.3 Å². The topological polar surface area (TPSA) is 46.3 Å². The van der Waals surface area contributed by atoms with E-state index in [9.17, 15) is 4.79 Å². The van der Waals surface area contributed by atoms with E-state index in [1.165, 1.54) is 24.8 Å². The van der Waals surface area contributed by atoms with E-state index in [1.54, 1.807) is 0 Å². The lowest BCUT2D eigenvalue weighted by Gasteiger charge is -2.35. The molecule has 2 atom stereocenters. The van der Waals surface area contributed by atoms with Gasteiger partial charge in [-0.2, -0.15) is 0 Å². The number of carbonyl (C=O) groups is 1. The first kappa shape index (κ1) is 18.3. The van der Waals surface area contributed by atoms with Crippen molar-refractivity contribution in [1.29, 1.82) is 0 Å². The van der Waals surface area contributed by atoms with Gasteiger partial charge >= 0.3 is 0 Å². The number of halogens is 1. The Hall–Kier alpha value is -1.06. The van der Waals surface area contributed by atoms with Gasteiger partial charge in [-0.15, -0.1) is 12.4 Å². The first-order chi connectivity index (χ1) is 10.8. The molecule has 128 valence electrons. The largest absolute Gasteiger partial charge is 0.338 e. The fourth-order valence-corrected chi connectivity index (χ4v) is 3.90. The summed E-state index contributed by atoms with van der Waals surface area (Å²) in [7, 11) is 0. The monoisotopic (exact) mass is 336 g/mol. The molecule has 0 bridgehead atoms. The molecule has 0 saturated heterocycles. The second kappa shape index (κ2) is 8.70. The van der Waals surface area contributed by atoms with E-state index in [0.717, 1.165) is 32.4 Å². The third-order valence-corrected chi connectivity index (χ3v) is 5.51. The molecule has 3 nitrogen and oxygen atoms in total. The molecule has 23 heavy (non-hydrogen) atoms. The van der Waals surface area contributed by atoms with E-state index in [-0.39, 0.29) is 18.3 Å². The highest BCUT2D eigenvalue weighted by molar-refractivity contribution is 5.85. The molecule has 2 N–H and O–H groups in total. The molecule has 0 unspecified atom stereocenters. The van der Waals surface area contributed by atoms with Gasteiger partial charge in [0, 0.05) is 19.0 Å². The molecule has 0 spiro atoms. The lowest BCUT2D eigenvalue weighted by molar-refractivity contribution is -0.138. The van der Waals surface area contributed by atoms with Gasteiger partial charge in [0.15, 0.2) is 0 Å². The number of nitrogens with zero attached hydrogens (tertiary/aromatic N) is 1. The van der Waals surface area contributed by atoms with Crippen LogP contribution in [0.3, 0.4) is 0 Å². The van der Waals surface area contributed by atoms with Crippen LogP contribution in [0.5, 0.6) is 0 Å². The quantitative estimate of drug-likeness (QED) is 0.862. The number of hydrogen-bond acceptors (Lipinski definition) is 2. The summed E-state index contributed by atoms with van der Waals surface area (Å²) in [6.07, 6.45) is 7.19. The molecule has 0 radical (unpaired) electrons. The van der Waals surface area contributed by atoms with Crippen molar-refractivity contribution in [3.63, 3.8) is 0 Å². The lowest BCUT2D eigenvalue weighted by atomic mass is 9.84. The average molecular weight is 337 g/mol. The number of carbonyl (C=O) groups excluding carboxylic acids is 1. The molecule has 4 heteroatoms. The highest BCUT2D eigenvalue weighted by atomic mass is 35.5. The molecule has 1 aromatic carbocycles. The Morgan fingerprint density at radius 1 is 1.09 bits per heavy atom. The van der Waals surface area contributed by atoms with Crippen LogP contribution >= 0.6 is 12.4 Å². The number of hydrogen-bond donors (Lipinski definition) is 1. The zero-order valence-corrected chi connectivity index (χ0v) is 14.6. The molecule has 0 aromatic heterocycles. The molecule has 2 fully saturated rings. The number of nitrogens with two attached hydrogens (primary N) is 1. The maximum atomic E-state index is 13.1. The SMILES string of the molecule is Cl.NC[C@H]1CCC[C@H]1C(=O)N(Cc1ccccc1)CC1CCC1. The Kier molecular flexibility index (Phi) is 6.91. The van der Waals surface area contributed by atoms with E-state index in [0.29, 0.717) is 24.3 Å². The normalized spacial score (nSPS) is 23.9. The van der Waals surface area contributed by atoms with E-state index in [4.69, 9.17) is 5.73 Å². The van der Waals surface area contributed by atoms with Crippen molar-refractivity contribution in [2.75, 3.05) is 13.1 Å². The summed E-state index contributed by atoms with van der Waals surface area (Å²) in [5.41, 5.74) is 7.12. The van der Waals surface area contributed by atoms with Gasteiger partial charge in [0.2, 0.25) is 5.91 Å². The molecular formula is C19H29ClN2O. The number of benzene rings is 1. The maximum absolute atomic E-state index is 13.1. The van der Waals surface area contributed by atoms with Gasteiger partial charge in [-0.25, -0.2) is 0 Å². The molecule has 1 aromatic rings. The van der Waals surface area contributed by atoms with Gasteiger partial charge in [0.05, 0.1) is 0 Å². The molecule has 3 rings (SSSR count).